The van der Waals surface area contributed by atoms with Crippen molar-refractivity contribution >= 4 is 5.90 Å². The van der Waals surface area contributed by atoms with Gasteiger partial charge < -0.3 is 9.47 Å². The molecule has 0 radical (unpaired) electrons. The van der Waals surface area contributed by atoms with Gasteiger partial charge >= 0.3 is 0 Å². The molecule has 0 amide bonds. The predicted octanol–water partition coefficient (Wildman–Crippen LogP) is 4.89. The van der Waals surface area contributed by atoms with Gasteiger partial charge in [-0.05, 0) is 23.6 Å². The third-order valence-corrected chi connectivity index (χ3v) is 5.39. The lowest BCUT2D eigenvalue weighted by Crippen LogP contribution is -2.21. The first-order chi connectivity index (χ1) is 13.3. The summed E-state index contributed by atoms with van der Waals surface area (Å²) < 4.78 is 12.6. The fourth-order valence-corrected chi connectivity index (χ4v) is 4.00. The molecule has 5 rings (SSSR count). The molecule has 1 fully saturated rings. The normalized spacial score (nSPS) is 25.5. The standard InChI is InChI=1S/C24H21NO2/c1-17-21(18-11-5-2-6-12-18)26-23(25-17)22-24(27-22,19-13-7-3-8-14-19)20-15-9-4-10-16-20/h2-17,21-22H,1H3/t17-,21-,22-/m0/s1. The van der Waals surface area contributed by atoms with Crippen molar-refractivity contribution in [3.8, 4) is 0 Å². The smallest absolute Gasteiger partial charge is 0.218 e. The predicted molar refractivity (Wildman–Crippen MR) is 106 cm³/mol. The molecular weight excluding hydrogens is 334 g/mol. The lowest BCUT2D eigenvalue weighted by molar-refractivity contribution is 0.192. The number of benzene rings is 3. The van der Waals surface area contributed by atoms with E-state index in [4.69, 9.17) is 14.5 Å². The van der Waals surface area contributed by atoms with Crippen LogP contribution < -0.4 is 0 Å². The van der Waals surface area contributed by atoms with E-state index in [2.05, 4.69) is 43.3 Å². The zero-order valence-electron chi connectivity index (χ0n) is 15.2. The van der Waals surface area contributed by atoms with Crippen LogP contribution >= 0.6 is 0 Å². The third-order valence-electron chi connectivity index (χ3n) is 5.39. The van der Waals surface area contributed by atoms with Crippen molar-refractivity contribution in [2.75, 3.05) is 0 Å². The molecule has 1 saturated heterocycles. The highest BCUT2D eigenvalue weighted by Gasteiger charge is 2.63. The molecule has 3 heteroatoms. The van der Waals surface area contributed by atoms with Crippen LogP contribution in [0.1, 0.15) is 29.7 Å². The Morgan fingerprint density at radius 1 is 0.741 bits per heavy atom. The molecule has 3 aromatic carbocycles. The summed E-state index contributed by atoms with van der Waals surface area (Å²) in [6.45, 7) is 2.10. The van der Waals surface area contributed by atoms with E-state index in [0.717, 1.165) is 16.7 Å². The summed E-state index contributed by atoms with van der Waals surface area (Å²) in [7, 11) is 0. The van der Waals surface area contributed by atoms with Gasteiger partial charge in [-0.25, -0.2) is 4.99 Å². The maximum atomic E-state index is 6.34. The highest BCUT2D eigenvalue weighted by molar-refractivity contribution is 5.88. The first-order valence-electron chi connectivity index (χ1n) is 9.37. The first-order valence-corrected chi connectivity index (χ1v) is 9.37. The van der Waals surface area contributed by atoms with Crippen molar-refractivity contribution in [2.45, 2.75) is 30.8 Å². The second-order valence-electron chi connectivity index (χ2n) is 7.12. The van der Waals surface area contributed by atoms with Gasteiger partial charge in [0.1, 0.15) is 6.10 Å². The second kappa shape index (κ2) is 6.36. The number of hydrogen-bond acceptors (Lipinski definition) is 3. The van der Waals surface area contributed by atoms with Crippen molar-refractivity contribution < 1.29 is 9.47 Å². The van der Waals surface area contributed by atoms with Crippen molar-refractivity contribution in [1.29, 1.82) is 0 Å². The van der Waals surface area contributed by atoms with E-state index < -0.39 is 5.60 Å². The van der Waals surface area contributed by atoms with Gasteiger partial charge in [-0.3, -0.25) is 0 Å². The van der Waals surface area contributed by atoms with Crippen molar-refractivity contribution in [1.82, 2.24) is 0 Å². The number of nitrogens with zero attached hydrogens (tertiary/aromatic N) is 1. The van der Waals surface area contributed by atoms with E-state index in [-0.39, 0.29) is 18.2 Å². The number of hydrogen-bond donors (Lipinski definition) is 0. The molecule has 0 aliphatic carbocycles. The van der Waals surface area contributed by atoms with Crippen LogP contribution in [-0.2, 0) is 15.1 Å². The maximum absolute atomic E-state index is 6.34. The van der Waals surface area contributed by atoms with Crippen LogP contribution in [0.15, 0.2) is 96.0 Å². The van der Waals surface area contributed by atoms with E-state index in [1.165, 1.54) is 0 Å². The molecular formula is C24H21NO2. The Morgan fingerprint density at radius 3 is 1.81 bits per heavy atom. The summed E-state index contributed by atoms with van der Waals surface area (Å²) in [5.74, 6) is 0.698. The highest BCUT2D eigenvalue weighted by atomic mass is 16.6. The molecule has 2 aliphatic rings. The van der Waals surface area contributed by atoms with Gasteiger partial charge in [-0.15, -0.1) is 0 Å². The largest absolute Gasteiger partial charge is 0.469 e. The fourth-order valence-electron chi connectivity index (χ4n) is 4.00. The molecule has 27 heavy (non-hydrogen) atoms. The van der Waals surface area contributed by atoms with Crippen molar-refractivity contribution in [3.05, 3.63) is 108 Å². The Labute approximate surface area is 159 Å². The Balaban J connectivity index is 1.49. The minimum absolute atomic E-state index is 0.0605. The van der Waals surface area contributed by atoms with Gasteiger partial charge in [0, 0.05) is 0 Å². The highest BCUT2D eigenvalue weighted by Crippen LogP contribution is 2.53. The lowest BCUT2D eigenvalue weighted by Gasteiger charge is -2.16. The molecule has 0 aromatic heterocycles. The van der Waals surface area contributed by atoms with Crippen molar-refractivity contribution in [3.63, 3.8) is 0 Å². The van der Waals surface area contributed by atoms with Gasteiger partial charge in [0.2, 0.25) is 5.90 Å². The van der Waals surface area contributed by atoms with Crippen LogP contribution in [0.3, 0.4) is 0 Å². The molecule has 3 aromatic rings. The van der Waals surface area contributed by atoms with Gasteiger partial charge in [0.25, 0.3) is 0 Å². The first kappa shape index (κ1) is 16.3. The van der Waals surface area contributed by atoms with Gasteiger partial charge in [0.05, 0.1) is 6.04 Å². The molecule has 0 saturated carbocycles. The summed E-state index contributed by atoms with van der Waals surface area (Å²) in [5, 5.41) is 0. The minimum Gasteiger partial charge on any atom is -0.469 e. The van der Waals surface area contributed by atoms with Gasteiger partial charge in [-0.1, -0.05) is 91.0 Å². The Bertz CT molecular complexity index is 914. The van der Waals surface area contributed by atoms with Crippen LogP contribution in [0.4, 0.5) is 0 Å². The molecule has 3 atom stereocenters. The van der Waals surface area contributed by atoms with Crippen LogP contribution in [0, 0.1) is 0 Å². The number of epoxide rings is 1. The molecule has 0 spiro atoms. The lowest BCUT2D eigenvalue weighted by atomic mass is 9.88. The number of rotatable bonds is 4. The monoisotopic (exact) mass is 355 g/mol. The molecule has 0 unspecified atom stereocenters. The molecule has 3 nitrogen and oxygen atoms in total. The summed E-state index contributed by atoms with van der Waals surface area (Å²) in [6, 6.07) is 31.0. The van der Waals surface area contributed by atoms with Gasteiger partial charge in [-0.2, -0.15) is 0 Å². The molecule has 134 valence electrons. The molecule has 2 aliphatic heterocycles. The number of aliphatic imine (C=N–C) groups is 1. The summed E-state index contributed by atoms with van der Waals surface area (Å²) in [6.07, 6.45) is -0.256. The van der Waals surface area contributed by atoms with Crippen LogP contribution in [-0.4, -0.2) is 18.0 Å². The SMILES string of the molecule is C[C@@H]1N=C([C@@H]2OC2(c2ccccc2)c2ccccc2)O[C@@H]1c1ccccc1. The third kappa shape index (κ3) is 2.66. The molecule has 2 heterocycles. The quantitative estimate of drug-likeness (QED) is 0.625. The van der Waals surface area contributed by atoms with E-state index in [0.29, 0.717) is 5.90 Å². The fraction of sp³-hybridized carbons (Fsp3) is 0.208. The zero-order chi connectivity index (χ0) is 18.3. The van der Waals surface area contributed by atoms with Gasteiger partial charge in [0.15, 0.2) is 11.7 Å². The maximum Gasteiger partial charge on any atom is 0.218 e. The van der Waals surface area contributed by atoms with E-state index >= 15 is 0 Å². The zero-order valence-corrected chi connectivity index (χ0v) is 15.2. The second-order valence-corrected chi connectivity index (χ2v) is 7.12. The Hall–Kier alpha value is -2.91. The summed E-state index contributed by atoms with van der Waals surface area (Å²) in [4.78, 5) is 4.82. The molecule has 0 bridgehead atoms. The topological polar surface area (TPSA) is 34.1 Å². The average Bonchev–Trinajstić information content (AvgIpc) is 3.39. The van der Waals surface area contributed by atoms with Crippen LogP contribution in [0.25, 0.3) is 0 Å². The number of ether oxygens (including phenoxy) is 2. The van der Waals surface area contributed by atoms with E-state index in [1.54, 1.807) is 0 Å². The van der Waals surface area contributed by atoms with Crippen molar-refractivity contribution in [2.24, 2.45) is 4.99 Å². The average molecular weight is 355 g/mol. The van der Waals surface area contributed by atoms with E-state index in [9.17, 15) is 0 Å². The minimum atomic E-state index is -0.521. The summed E-state index contributed by atoms with van der Waals surface area (Å²) >= 11 is 0. The van der Waals surface area contributed by atoms with E-state index in [1.807, 2.05) is 54.6 Å². The van der Waals surface area contributed by atoms with Crippen LogP contribution in [0.5, 0.6) is 0 Å². The molecule has 0 N–H and O–H groups in total. The summed E-state index contributed by atoms with van der Waals surface area (Å²) in [5.41, 5.74) is 2.88. The Morgan fingerprint density at radius 2 is 1.26 bits per heavy atom. The Kier molecular flexibility index (Phi) is 3.83. The van der Waals surface area contributed by atoms with Crippen LogP contribution in [0.2, 0.25) is 0 Å².